The van der Waals surface area contributed by atoms with E-state index in [4.69, 9.17) is 21.1 Å². The minimum Gasteiger partial charge on any atom is -0.480 e. The summed E-state index contributed by atoms with van der Waals surface area (Å²) in [6.07, 6.45) is 27.8. The maximum atomic E-state index is 11.3. The van der Waals surface area contributed by atoms with Crippen LogP contribution in [0.25, 0.3) is 0 Å². The summed E-state index contributed by atoms with van der Waals surface area (Å²) in [7, 11) is 0. The number of nitrogens with one attached hydrogen (secondary N) is 1. The lowest BCUT2D eigenvalue weighted by atomic mass is 10.1. The summed E-state index contributed by atoms with van der Waals surface area (Å²) in [5.74, 6) is -2.74. The van der Waals surface area contributed by atoms with E-state index in [2.05, 4.69) is 66.6 Å². The number of hydrogen-bond acceptors (Lipinski definition) is 6. The van der Waals surface area contributed by atoms with E-state index in [1.54, 1.807) is 0 Å². The van der Waals surface area contributed by atoms with E-state index in [0.29, 0.717) is 18.8 Å². The van der Waals surface area contributed by atoms with Crippen molar-refractivity contribution in [3.05, 3.63) is 48.6 Å². The monoisotopic (exact) mass is 567 g/mol. The number of allylic oxidation sites excluding steroid dienone is 8. The van der Waals surface area contributed by atoms with Crippen molar-refractivity contribution in [2.75, 3.05) is 13.1 Å². The van der Waals surface area contributed by atoms with Crippen molar-refractivity contribution in [3.8, 4) is 0 Å². The SMILES string of the molecule is CC(C)CC(N)C(=O)O.CCCCC/C=C\C/C=C\C/C=C\C/C=C\CCCC(=O)NCC(=O)O.NCC(=O)O. The average molecular weight is 568 g/mol. The molecular formula is C30H53N3O7. The lowest BCUT2D eigenvalue weighted by molar-refractivity contribution is -0.139. The molecule has 1 atom stereocenters. The van der Waals surface area contributed by atoms with Crippen molar-refractivity contribution in [1.82, 2.24) is 5.32 Å². The fourth-order valence-corrected chi connectivity index (χ4v) is 2.81. The van der Waals surface area contributed by atoms with Gasteiger partial charge in [-0.15, -0.1) is 0 Å². The normalized spacial score (nSPS) is 11.8. The van der Waals surface area contributed by atoms with Gasteiger partial charge in [-0.3, -0.25) is 19.2 Å². The van der Waals surface area contributed by atoms with Crippen LogP contribution in [0.1, 0.15) is 91.4 Å². The molecular weight excluding hydrogens is 514 g/mol. The Kier molecular flexibility index (Phi) is 33.0. The molecule has 0 rings (SSSR count). The van der Waals surface area contributed by atoms with Gasteiger partial charge in [0.05, 0.1) is 6.54 Å². The van der Waals surface area contributed by atoms with Crippen LogP contribution in [0.2, 0.25) is 0 Å². The van der Waals surface area contributed by atoms with E-state index < -0.39 is 23.9 Å². The first kappa shape index (κ1) is 41.2. The van der Waals surface area contributed by atoms with Crippen LogP contribution in [-0.4, -0.2) is 58.3 Å². The van der Waals surface area contributed by atoms with Gasteiger partial charge in [0.1, 0.15) is 12.6 Å². The molecule has 40 heavy (non-hydrogen) atoms. The number of carbonyl (C=O) groups is 4. The molecule has 0 radical (unpaired) electrons. The number of amides is 1. The molecule has 0 aromatic carbocycles. The van der Waals surface area contributed by atoms with E-state index in [1.165, 1.54) is 25.7 Å². The highest BCUT2D eigenvalue weighted by atomic mass is 16.4. The van der Waals surface area contributed by atoms with Gasteiger partial charge in [-0.25, -0.2) is 0 Å². The van der Waals surface area contributed by atoms with Crippen LogP contribution in [-0.2, 0) is 19.2 Å². The molecule has 0 aliphatic heterocycles. The Balaban J connectivity index is -0.000000798. The Labute approximate surface area is 240 Å². The van der Waals surface area contributed by atoms with Gasteiger partial charge in [0, 0.05) is 6.42 Å². The van der Waals surface area contributed by atoms with Crippen LogP contribution in [0.3, 0.4) is 0 Å². The Morgan fingerprint density at radius 1 is 0.750 bits per heavy atom. The number of carboxylic acids is 3. The van der Waals surface area contributed by atoms with Crippen LogP contribution in [0.4, 0.5) is 0 Å². The highest BCUT2D eigenvalue weighted by molar-refractivity contribution is 5.81. The molecule has 0 saturated carbocycles. The molecule has 10 nitrogen and oxygen atoms in total. The van der Waals surface area contributed by atoms with E-state index in [-0.39, 0.29) is 19.0 Å². The van der Waals surface area contributed by atoms with Crippen LogP contribution >= 0.6 is 0 Å². The molecule has 0 aliphatic carbocycles. The third kappa shape index (κ3) is 41.9. The van der Waals surface area contributed by atoms with Gasteiger partial charge in [0.2, 0.25) is 5.91 Å². The molecule has 8 N–H and O–H groups in total. The Morgan fingerprint density at radius 2 is 1.20 bits per heavy atom. The largest absolute Gasteiger partial charge is 0.480 e. The molecule has 0 aromatic rings. The first-order valence-corrected chi connectivity index (χ1v) is 14.0. The van der Waals surface area contributed by atoms with Crippen LogP contribution in [0, 0.1) is 5.92 Å². The molecule has 0 spiro atoms. The summed E-state index contributed by atoms with van der Waals surface area (Å²) in [6.45, 7) is 5.54. The topological polar surface area (TPSA) is 193 Å². The van der Waals surface area contributed by atoms with Gasteiger partial charge in [-0.1, -0.05) is 82.2 Å². The van der Waals surface area contributed by atoms with Crippen molar-refractivity contribution in [1.29, 1.82) is 0 Å². The van der Waals surface area contributed by atoms with Crippen molar-refractivity contribution in [2.45, 2.75) is 97.4 Å². The second-order valence-electron chi connectivity index (χ2n) is 9.32. The van der Waals surface area contributed by atoms with Crippen molar-refractivity contribution < 1.29 is 34.5 Å². The maximum Gasteiger partial charge on any atom is 0.322 e. The quantitative estimate of drug-likeness (QED) is 0.0884. The summed E-state index contributed by atoms with van der Waals surface area (Å²) in [4.78, 5) is 40.9. The Morgan fingerprint density at radius 3 is 1.55 bits per heavy atom. The standard InChI is InChI=1S/C22H35NO3.C6H13NO2.C2H5NO2/c1-2-3-4-5-6-7-8-9-10-11-12-13-14-15-16-17-18-19-21(24)23-20-22(25)26;1-4(2)3-5(7)6(8)9;3-1-2(4)5/h6-7,9-10,12-13,15-16H,2-5,8,11,14,17-20H2,1H3,(H,23,24)(H,25,26);4-5H,3,7H2,1-2H3,(H,8,9);1,3H2,(H,4,5)/b7-6-,10-9-,13-12-,16-15-;;. The lowest BCUT2D eigenvalue weighted by Gasteiger charge is -2.07. The fraction of sp³-hybridized carbons (Fsp3) is 0.600. The number of unbranched alkanes of at least 4 members (excludes halogenated alkanes) is 4. The second kappa shape index (κ2) is 32.0. The third-order valence-electron chi connectivity index (χ3n) is 4.89. The number of carbonyl (C=O) groups excluding carboxylic acids is 1. The maximum absolute atomic E-state index is 11.3. The second-order valence-corrected chi connectivity index (χ2v) is 9.32. The molecule has 0 saturated heterocycles. The number of rotatable bonds is 20. The summed E-state index contributed by atoms with van der Waals surface area (Å²) in [5.41, 5.74) is 9.79. The summed E-state index contributed by atoms with van der Waals surface area (Å²) >= 11 is 0. The molecule has 0 aromatic heterocycles. The summed E-state index contributed by atoms with van der Waals surface area (Å²) in [5, 5.41) is 26.7. The van der Waals surface area contributed by atoms with Crippen LogP contribution in [0.5, 0.6) is 0 Å². The first-order valence-electron chi connectivity index (χ1n) is 14.0. The zero-order valence-electron chi connectivity index (χ0n) is 24.6. The average Bonchev–Trinajstić information content (AvgIpc) is 2.89. The molecule has 10 heteroatoms. The van der Waals surface area contributed by atoms with Crippen LogP contribution in [0.15, 0.2) is 48.6 Å². The van der Waals surface area contributed by atoms with Crippen LogP contribution < -0.4 is 16.8 Å². The van der Waals surface area contributed by atoms with Gasteiger partial charge >= 0.3 is 17.9 Å². The molecule has 1 unspecified atom stereocenters. The van der Waals surface area contributed by atoms with E-state index in [0.717, 1.165) is 32.1 Å². The van der Waals surface area contributed by atoms with Crippen molar-refractivity contribution in [3.63, 3.8) is 0 Å². The molecule has 1 amide bonds. The Hall–Kier alpha value is -3.24. The summed E-state index contributed by atoms with van der Waals surface area (Å²) in [6, 6.07) is -0.690. The third-order valence-corrected chi connectivity index (χ3v) is 4.89. The molecule has 0 aliphatic rings. The van der Waals surface area contributed by atoms with E-state index in [9.17, 15) is 19.2 Å². The van der Waals surface area contributed by atoms with Gasteiger partial charge < -0.3 is 32.1 Å². The number of carboxylic acid groups (broad SMARTS) is 3. The number of nitrogens with two attached hydrogens (primary N) is 2. The zero-order valence-corrected chi connectivity index (χ0v) is 24.6. The zero-order chi connectivity index (χ0) is 31.0. The summed E-state index contributed by atoms with van der Waals surface area (Å²) < 4.78 is 0. The minimum absolute atomic E-state index is 0.205. The van der Waals surface area contributed by atoms with Crippen molar-refractivity contribution >= 4 is 23.8 Å². The molecule has 0 bridgehead atoms. The highest BCUT2D eigenvalue weighted by Crippen LogP contribution is 2.02. The smallest absolute Gasteiger partial charge is 0.322 e. The fourth-order valence-electron chi connectivity index (χ4n) is 2.81. The Bertz CT molecular complexity index is 775. The molecule has 230 valence electrons. The minimum atomic E-state index is -1.02. The predicted molar refractivity (Wildman–Crippen MR) is 161 cm³/mol. The van der Waals surface area contributed by atoms with Gasteiger partial charge in [0.25, 0.3) is 0 Å². The van der Waals surface area contributed by atoms with Gasteiger partial charge in [-0.05, 0) is 57.3 Å². The highest BCUT2D eigenvalue weighted by Gasteiger charge is 2.11. The molecule has 0 heterocycles. The molecule has 0 fully saturated rings. The number of hydrogen-bond donors (Lipinski definition) is 6. The predicted octanol–water partition coefficient (Wildman–Crippen LogP) is 4.81. The van der Waals surface area contributed by atoms with Gasteiger partial charge in [-0.2, -0.15) is 0 Å². The first-order chi connectivity index (χ1) is 19.0. The number of aliphatic carboxylic acids is 3. The lowest BCUT2D eigenvalue weighted by Crippen LogP contribution is -2.31. The van der Waals surface area contributed by atoms with E-state index in [1.807, 2.05) is 13.8 Å². The van der Waals surface area contributed by atoms with Crippen molar-refractivity contribution in [2.24, 2.45) is 17.4 Å². The van der Waals surface area contributed by atoms with E-state index >= 15 is 0 Å². The van der Waals surface area contributed by atoms with Gasteiger partial charge in [0.15, 0.2) is 0 Å².